The van der Waals surface area contributed by atoms with Crippen molar-refractivity contribution in [3.63, 3.8) is 0 Å². The maximum absolute atomic E-state index is 12.0. The van der Waals surface area contributed by atoms with Crippen molar-refractivity contribution in [1.29, 1.82) is 0 Å². The highest BCUT2D eigenvalue weighted by molar-refractivity contribution is 5.43. The number of anilines is 1. The molecule has 0 bridgehead atoms. The average Bonchev–Trinajstić information content (AvgIpc) is 2.42. The van der Waals surface area contributed by atoms with Gasteiger partial charge in [0.2, 0.25) is 0 Å². The van der Waals surface area contributed by atoms with Gasteiger partial charge in [0, 0.05) is 30.6 Å². The van der Waals surface area contributed by atoms with Crippen molar-refractivity contribution in [3.05, 3.63) is 46.0 Å². The van der Waals surface area contributed by atoms with E-state index in [0.717, 1.165) is 11.4 Å². The van der Waals surface area contributed by atoms with Gasteiger partial charge in [0.15, 0.2) is 0 Å². The fourth-order valence-electron chi connectivity index (χ4n) is 1.86. The van der Waals surface area contributed by atoms with Crippen LogP contribution in [0.4, 0.5) is 5.82 Å². The molecule has 6 nitrogen and oxygen atoms in total. The van der Waals surface area contributed by atoms with E-state index in [2.05, 4.69) is 15.3 Å². The molecule has 0 unspecified atom stereocenters. The quantitative estimate of drug-likeness (QED) is 0.889. The molecule has 2 heterocycles. The molecule has 0 aliphatic rings. The molecule has 0 fully saturated rings. The van der Waals surface area contributed by atoms with Gasteiger partial charge in [-0.15, -0.1) is 0 Å². The first kappa shape index (κ1) is 13.1. The summed E-state index contributed by atoms with van der Waals surface area (Å²) in [5.41, 5.74) is 1.39. The molecular weight excluding hydrogens is 244 g/mol. The van der Waals surface area contributed by atoms with E-state index in [0.29, 0.717) is 18.2 Å². The minimum Gasteiger partial charge on any atom is -0.468 e. The van der Waals surface area contributed by atoms with Crippen LogP contribution >= 0.6 is 0 Å². The van der Waals surface area contributed by atoms with Gasteiger partial charge in [-0.25, -0.2) is 9.97 Å². The van der Waals surface area contributed by atoms with Crippen LogP contribution in [-0.4, -0.2) is 28.7 Å². The standard InChI is InChI=1S/C13H16N4O2/c1-9-7-11(18)17(13(16-9)19-3)8-10-5-4-6-15-12(10)14-2/h4-7H,8H2,1-3H3,(H,14,15). The van der Waals surface area contributed by atoms with Crippen LogP contribution in [0.25, 0.3) is 0 Å². The molecule has 0 saturated carbocycles. The van der Waals surface area contributed by atoms with Crippen molar-refractivity contribution in [2.45, 2.75) is 13.5 Å². The molecule has 2 aromatic heterocycles. The average molecular weight is 260 g/mol. The lowest BCUT2D eigenvalue weighted by atomic mass is 10.2. The molecule has 0 radical (unpaired) electrons. The Morgan fingerprint density at radius 1 is 1.47 bits per heavy atom. The fraction of sp³-hybridized carbons (Fsp3) is 0.308. The predicted molar refractivity (Wildman–Crippen MR) is 72.7 cm³/mol. The van der Waals surface area contributed by atoms with Crippen LogP contribution in [0.3, 0.4) is 0 Å². The summed E-state index contributed by atoms with van der Waals surface area (Å²) in [5.74, 6) is 0.733. The second-order valence-corrected chi connectivity index (χ2v) is 4.07. The summed E-state index contributed by atoms with van der Waals surface area (Å²) in [4.78, 5) is 20.4. The molecule has 0 aliphatic heterocycles. The van der Waals surface area contributed by atoms with Gasteiger partial charge >= 0.3 is 0 Å². The number of hydrogen-bond donors (Lipinski definition) is 1. The highest BCUT2D eigenvalue weighted by Gasteiger charge is 2.10. The summed E-state index contributed by atoms with van der Waals surface area (Å²) < 4.78 is 6.64. The molecular formula is C13H16N4O2. The first-order valence-corrected chi connectivity index (χ1v) is 5.90. The largest absolute Gasteiger partial charge is 0.468 e. The normalized spacial score (nSPS) is 10.3. The van der Waals surface area contributed by atoms with Crippen molar-refractivity contribution in [2.24, 2.45) is 0 Å². The Labute approximate surface area is 111 Å². The van der Waals surface area contributed by atoms with E-state index in [-0.39, 0.29) is 5.56 Å². The zero-order chi connectivity index (χ0) is 13.8. The molecule has 100 valence electrons. The summed E-state index contributed by atoms with van der Waals surface area (Å²) in [6.07, 6.45) is 1.70. The Balaban J connectivity index is 2.46. The number of methoxy groups -OCH3 is 1. The zero-order valence-corrected chi connectivity index (χ0v) is 11.2. The minimum absolute atomic E-state index is 0.143. The van der Waals surface area contributed by atoms with Crippen LogP contribution in [0.15, 0.2) is 29.2 Å². The lowest BCUT2D eigenvalue weighted by Crippen LogP contribution is -2.23. The monoisotopic (exact) mass is 260 g/mol. The zero-order valence-electron chi connectivity index (χ0n) is 11.2. The third-order valence-corrected chi connectivity index (χ3v) is 2.74. The first-order chi connectivity index (χ1) is 9.15. The minimum atomic E-state index is -0.143. The smallest absolute Gasteiger partial charge is 0.299 e. The molecule has 0 aromatic carbocycles. The van der Waals surface area contributed by atoms with Crippen LogP contribution in [0, 0.1) is 6.92 Å². The Bertz CT molecular complexity index is 637. The first-order valence-electron chi connectivity index (χ1n) is 5.90. The Morgan fingerprint density at radius 3 is 2.95 bits per heavy atom. The Hall–Kier alpha value is -2.37. The Kier molecular flexibility index (Phi) is 3.79. The molecule has 2 rings (SSSR count). The molecule has 2 aromatic rings. The number of hydrogen-bond acceptors (Lipinski definition) is 5. The molecule has 0 saturated heterocycles. The summed E-state index contributed by atoms with van der Waals surface area (Å²) in [6, 6.07) is 5.52. The topological polar surface area (TPSA) is 69.0 Å². The molecule has 0 spiro atoms. The number of aromatic nitrogens is 3. The number of pyridine rings is 1. The number of aryl methyl sites for hydroxylation is 1. The number of nitrogens with zero attached hydrogens (tertiary/aromatic N) is 3. The van der Waals surface area contributed by atoms with E-state index < -0.39 is 0 Å². The number of rotatable bonds is 4. The SMILES string of the molecule is CNc1ncccc1Cn1c(OC)nc(C)cc1=O. The van der Waals surface area contributed by atoms with E-state index in [4.69, 9.17) is 4.74 Å². The van der Waals surface area contributed by atoms with Crippen LogP contribution in [0.2, 0.25) is 0 Å². The van der Waals surface area contributed by atoms with Gasteiger partial charge in [-0.05, 0) is 13.0 Å². The molecule has 0 aliphatic carbocycles. The van der Waals surface area contributed by atoms with Crippen LogP contribution in [0.1, 0.15) is 11.3 Å². The van der Waals surface area contributed by atoms with Gasteiger partial charge in [0.1, 0.15) is 5.82 Å². The third kappa shape index (κ3) is 2.73. The molecule has 0 atom stereocenters. The summed E-state index contributed by atoms with van der Waals surface area (Å²) in [5, 5.41) is 3.00. The van der Waals surface area contributed by atoms with Gasteiger partial charge in [-0.2, -0.15) is 0 Å². The lowest BCUT2D eigenvalue weighted by Gasteiger charge is -2.13. The maximum atomic E-state index is 12.0. The summed E-state index contributed by atoms with van der Waals surface area (Å²) >= 11 is 0. The molecule has 0 amide bonds. The van der Waals surface area contributed by atoms with Gasteiger partial charge in [0.25, 0.3) is 11.6 Å². The van der Waals surface area contributed by atoms with Gasteiger partial charge in [0.05, 0.1) is 13.7 Å². The van der Waals surface area contributed by atoms with Crippen molar-refractivity contribution in [3.8, 4) is 6.01 Å². The van der Waals surface area contributed by atoms with Crippen LogP contribution in [0.5, 0.6) is 6.01 Å². The van der Waals surface area contributed by atoms with Gasteiger partial charge in [-0.1, -0.05) is 6.07 Å². The fourth-order valence-corrected chi connectivity index (χ4v) is 1.86. The maximum Gasteiger partial charge on any atom is 0.299 e. The predicted octanol–water partition coefficient (Wildman–Crippen LogP) is 1.05. The van der Waals surface area contributed by atoms with Crippen LogP contribution in [-0.2, 0) is 6.54 Å². The lowest BCUT2D eigenvalue weighted by molar-refractivity contribution is 0.350. The van der Waals surface area contributed by atoms with Crippen LogP contribution < -0.4 is 15.6 Å². The highest BCUT2D eigenvalue weighted by Crippen LogP contribution is 2.14. The highest BCUT2D eigenvalue weighted by atomic mass is 16.5. The van der Waals surface area contributed by atoms with E-state index in [1.54, 1.807) is 20.2 Å². The number of nitrogens with one attached hydrogen (secondary N) is 1. The molecule has 1 N–H and O–H groups in total. The van der Waals surface area contributed by atoms with Gasteiger partial charge < -0.3 is 10.1 Å². The second-order valence-electron chi connectivity index (χ2n) is 4.07. The van der Waals surface area contributed by atoms with Crippen molar-refractivity contribution in [2.75, 3.05) is 19.5 Å². The summed E-state index contributed by atoms with van der Waals surface area (Å²) in [7, 11) is 3.29. The molecule has 19 heavy (non-hydrogen) atoms. The van der Waals surface area contributed by atoms with E-state index in [1.165, 1.54) is 17.7 Å². The van der Waals surface area contributed by atoms with Crippen molar-refractivity contribution >= 4 is 5.82 Å². The third-order valence-electron chi connectivity index (χ3n) is 2.74. The summed E-state index contributed by atoms with van der Waals surface area (Å²) in [6.45, 7) is 2.12. The van der Waals surface area contributed by atoms with Crippen molar-refractivity contribution in [1.82, 2.24) is 14.5 Å². The van der Waals surface area contributed by atoms with E-state index >= 15 is 0 Å². The van der Waals surface area contributed by atoms with Gasteiger partial charge in [-0.3, -0.25) is 9.36 Å². The van der Waals surface area contributed by atoms with E-state index in [1.807, 2.05) is 12.1 Å². The van der Waals surface area contributed by atoms with E-state index in [9.17, 15) is 4.79 Å². The number of ether oxygens (including phenoxy) is 1. The Morgan fingerprint density at radius 2 is 2.26 bits per heavy atom. The second kappa shape index (κ2) is 5.51. The molecule has 6 heteroatoms. The van der Waals surface area contributed by atoms with Crippen molar-refractivity contribution < 1.29 is 4.74 Å².